The molecule has 0 aliphatic rings. The Balaban J connectivity index is 3.12. The maximum absolute atomic E-state index is 5.08. The van der Waals surface area contributed by atoms with E-state index in [2.05, 4.69) is 15.9 Å². The summed E-state index contributed by atoms with van der Waals surface area (Å²) in [4.78, 5) is 7.83. The fourth-order valence-corrected chi connectivity index (χ4v) is 0.537. The first kappa shape index (κ1) is 5.77. The summed E-state index contributed by atoms with van der Waals surface area (Å²) in [5, 5.41) is 0. The molecule has 0 saturated carbocycles. The summed E-state index contributed by atoms with van der Waals surface area (Å²) in [6.45, 7) is 1.81. The summed E-state index contributed by atoms with van der Waals surface area (Å²) in [6.07, 6.45) is 6.73. The van der Waals surface area contributed by atoms with E-state index in [1.807, 2.05) is 0 Å². The molecule has 1 aromatic heterocycles. The normalized spacial score (nSPS) is 8.44. The van der Waals surface area contributed by atoms with Gasteiger partial charge in [-0.25, -0.2) is 9.97 Å². The highest BCUT2D eigenvalue weighted by molar-refractivity contribution is 5.22. The molecule has 1 heterocycles. The Kier molecular flexibility index (Phi) is 1.46. The fourth-order valence-electron chi connectivity index (χ4n) is 0.537. The van der Waals surface area contributed by atoms with Crippen LogP contribution in [0.1, 0.15) is 11.5 Å². The molecule has 9 heavy (non-hydrogen) atoms. The van der Waals surface area contributed by atoms with Crippen molar-refractivity contribution in [1.29, 1.82) is 0 Å². The molecule has 0 atom stereocenters. The monoisotopic (exact) mass is 118 g/mol. The van der Waals surface area contributed by atoms with Gasteiger partial charge in [0.25, 0.3) is 0 Å². The number of aryl methyl sites for hydroxylation is 1. The summed E-state index contributed by atoms with van der Waals surface area (Å²) < 4.78 is 0. The van der Waals surface area contributed by atoms with Crippen LogP contribution in [0.15, 0.2) is 12.3 Å². The molecule has 1 aromatic rings. The van der Waals surface area contributed by atoms with Crippen molar-refractivity contribution >= 4 is 0 Å². The number of hydrogen-bond acceptors (Lipinski definition) is 2. The summed E-state index contributed by atoms with van der Waals surface area (Å²) in [5.74, 6) is 3.13. The van der Waals surface area contributed by atoms with Crippen molar-refractivity contribution in [3.05, 3.63) is 23.8 Å². The molecule has 1 rings (SSSR count). The van der Waals surface area contributed by atoms with Crippen LogP contribution in [0.4, 0.5) is 0 Å². The van der Waals surface area contributed by atoms with E-state index < -0.39 is 0 Å². The van der Waals surface area contributed by atoms with E-state index in [1.54, 1.807) is 19.2 Å². The lowest BCUT2D eigenvalue weighted by molar-refractivity contribution is 1.04. The van der Waals surface area contributed by atoms with Gasteiger partial charge in [0.15, 0.2) is 0 Å². The van der Waals surface area contributed by atoms with E-state index in [0.29, 0.717) is 11.5 Å². The molecule has 0 radical (unpaired) electrons. The minimum absolute atomic E-state index is 0.641. The highest BCUT2D eigenvalue weighted by atomic mass is 14.9. The van der Waals surface area contributed by atoms with Gasteiger partial charge in [0.05, 0.1) is 0 Å². The van der Waals surface area contributed by atoms with Crippen LogP contribution in [-0.4, -0.2) is 9.97 Å². The standard InChI is InChI=1S/C7H6N2/c1-3-7-4-5-8-6(2)9-7/h1,4-5H,2H3. The van der Waals surface area contributed by atoms with Crippen molar-refractivity contribution in [2.24, 2.45) is 0 Å². The summed E-state index contributed by atoms with van der Waals surface area (Å²) in [6, 6.07) is 1.70. The van der Waals surface area contributed by atoms with Gasteiger partial charge in [-0.3, -0.25) is 0 Å². The van der Waals surface area contributed by atoms with Crippen LogP contribution in [0.2, 0.25) is 0 Å². The number of rotatable bonds is 0. The Bertz CT molecular complexity index is 247. The largest absolute Gasteiger partial charge is 0.242 e. The molecule has 0 saturated heterocycles. The van der Waals surface area contributed by atoms with Crippen LogP contribution in [0.5, 0.6) is 0 Å². The Morgan fingerprint density at radius 3 is 2.89 bits per heavy atom. The SMILES string of the molecule is C#Cc1ccnc(C)n1. The van der Waals surface area contributed by atoms with Crippen molar-refractivity contribution in [3.63, 3.8) is 0 Å². The van der Waals surface area contributed by atoms with E-state index in [0.717, 1.165) is 0 Å². The molecule has 0 fully saturated rings. The maximum Gasteiger partial charge on any atom is 0.126 e. The number of aromatic nitrogens is 2. The lowest BCUT2D eigenvalue weighted by Gasteiger charge is -1.88. The highest BCUT2D eigenvalue weighted by Gasteiger charge is 1.86. The lowest BCUT2D eigenvalue weighted by atomic mass is 10.4. The zero-order valence-electron chi connectivity index (χ0n) is 5.13. The Morgan fingerprint density at radius 1 is 1.67 bits per heavy atom. The van der Waals surface area contributed by atoms with E-state index in [4.69, 9.17) is 6.42 Å². The average Bonchev–Trinajstić information content (AvgIpc) is 1.88. The molecule has 0 aliphatic carbocycles. The molecule has 44 valence electrons. The first-order valence-corrected chi connectivity index (χ1v) is 2.59. The smallest absolute Gasteiger partial charge is 0.126 e. The Morgan fingerprint density at radius 2 is 2.44 bits per heavy atom. The predicted molar refractivity (Wildman–Crippen MR) is 34.7 cm³/mol. The summed E-state index contributed by atoms with van der Waals surface area (Å²) in [7, 11) is 0. The van der Waals surface area contributed by atoms with E-state index in [-0.39, 0.29) is 0 Å². The molecular formula is C7H6N2. The van der Waals surface area contributed by atoms with Gasteiger partial charge in [-0.15, -0.1) is 6.42 Å². The minimum atomic E-state index is 0.641. The number of terminal acetylenes is 1. The van der Waals surface area contributed by atoms with Crippen LogP contribution in [0.3, 0.4) is 0 Å². The molecule has 2 heteroatoms. The second kappa shape index (κ2) is 2.27. The third-order valence-corrected chi connectivity index (χ3v) is 0.924. The Hall–Kier alpha value is -1.36. The number of nitrogens with zero attached hydrogens (tertiary/aromatic N) is 2. The van der Waals surface area contributed by atoms with Gasteiger partial charge in [-0.1, -0.05) is 5.92 Å². The van der Waals surface area contributed by atoms with Gasteiger partial charge in [-0.05, 0) is 13.0 Å². The van der Waals surface area contributed by atoms with Gasteiger partial charge in [0.2, 0.25) is 0 Å². The molecule has 0 aliphatic heterocycles. The summed E-state index contributed by atoms with van der Waals surface area (Å²) in [5.41, 5.74) is 0.641. The third kappa shape index (κ3) is 1.26. The quantitative estimate of drug-likeness (QED) is 0.470. The molecule has 0 bridgehead atoms. The molecule has 2 nitrogen and oxygen atoms in total. The van der Waals surface area contributed by atoms with Crippen LogP contribution >= 0.6 is 0 Å². The fraction of sp³-hybridized carbons (Fsp3) is 0.143. The van der Waals surface area contributed by atoms with Crippen molar-refractivity contribution < 1.29 is 0 Å². The van der Waals surface area contributed by atoms with Gasteiger partial charge >= 0.3 is 0 Å². The van der Waals surface area contributed by atoms with Crippen LogP contribution in [0, 0.1) is 19.3 Å². The number of hydrogen-bond donors (Lipinski definition) is 0. The summed E-state index contributed by atoms with van der Waals surface area (Å²) >= 11 is 0. The van der Waals surface area contributed by atoms with E-state index in [9.17, 15) is 0 Å². The second-order valence-electron chi connectivity index (χ2n) is 1.63. The molecule has 0 N–H and O–H groups in total. The molecule has 0 amide bonds. The molecule has 0 unspecified atom stereocenters. The second-order valence-corrected chi connectivity index (χ2v) is 1.63. The van der Waals surface area contributed by atoms with Gasteiger partial charge < -0.3 is 0 Å². The lowest BCUT2D eigenvalue weighted by Crippen LogP contribution is -1.88. The topological polar surface area (TPSA) is 25.8 Å². The predicted octanol–water partition coefficient (Wildman–Crippen LogP) is 0.766. The van der Waals surface area contributed by atoms with Crippen LogP contribution in [0.25, 0.3) is 0 Å². The van der Waals surface area contributed by atoms with Gasteiger partial charge in [-0.2, -0.15) is 0 Å². The first-order valence-electron chi connectivity index (χ1n) is 2.59. The average molecular weight is 118 g/mol. The van der Waals surface area contributed by atoms with Crippen molar-refractivity contribution in [2.45, 2.75) is 6.92 Å². The third-order valence-electron chi connectivity index (χ3n) is 0.924. The zero-order chi connectivity index (χ0) is 6.69. The minimum Gasteiger partial charge on any atom is -0.242 e. The molecule has 0 spiro atoms. The van der Waals surface area contributed by atoms with Gasteiger partial charge in [0, 0.05) is 6.20 Å². The van der Waals surface area contributed by atoms with Gasteiger partial charge in [0.1, 0.15) is 11.5 Å². The van der Waals surface area contributed by atoms with Crippen molar-refractivity contribution in [3.8, 4) is 12.3 Å². The van der Waals surface area contributed by atoms with E-state index >= 15 is 0 Å². The highest BCUT2D eigenvalue weighted by Crippen LogP contribution is 1.89. The van der Waals surface area contributed by atoms with Crippen LogP contribution in [-0.2, 0) is 0 Å². The van der Waals surface area contributed by atoms with Crippen molar-refractivity contribution in [2.75, 3.05) is 0 Å². The first-order chi connectivity index (χ1) is 4.33. The zero-order valence-corrected chi connectivity index (χ0v) is 5.13. The molecular weight excluding hydrogens is 112 g/mol. The van der Waals surface area contributed by atoms with Crippen molar-refractivity contribution in [1.82, 2.24) is 9.97 Å². The van der Waals surface area contributed by atoms with Crippen LogP contribution < -0.4 is 0 Å². The molecule has 0 aromatic carbocycles. The van der Waals surface area contributed by atoms with E-state index in [1.165, 1.54) is 0 Å². The maximum atomic E-state index is 5.08. The Labute approximate surface area is 54.0 Å².